The molecule has 0 aliphatic carbocycles. The lowest BCUT2D eigenvalue weighted by Crippen LogP contribution is -2.48. The van der Waals surface area contributed by atoms with E-state index in [1.54, 1.807) is 6.92 Å². The molecule has 1 atom stereocenters. The summed E-state index contributed by atoms with van der Waals surface area (Å²) in [7, 11) is 0. The minimum absolute atomic E-state index is 0.199. The number of nitrogens with zero attached hydrogens (tertiary/aromatic N) is 2. The fraction of sp³-hybridized carbons (Fsp3) is 0.438. The maximum atomic E-state index is 13.1. The number of amides is 1. The lowest BCUT2D eigenvalue weighted by Gasteiger charge is -2.24. The predicted molar refractivity (Wildman–Crippen MR) is 85.4 cm³/mol. The van der Waals surface area contributed by atoms with Crippen molar-refractivity contribution in [3.05, 3.63) is 34.7 Å². The Morgan fingerprint density at radius 3 is 2.37 bits per heavy atom. The Labute approximate surface area is 150 Å². The monoisotopic (exact) mass is 392 g/mol. The van der Waals surface area contributed by atoms with Crippen LogP contribution in [0.2, 0.25) is 0 Å². The van der Waals surface area contributed by atoms with Gasteiger partial charge in [0.15, 0.2) is 5.69 Å². The predicted octanol–water partition coefficient (Wildman–Crippen LogP) is 4.43. The second kappa shape index (κ2) is 6.75. The van der Waals surface area contributed by atoms with Crippen LogP contribution in [-0.4, -0.2) is 23.3 Å². The van der Waals surface area contributed by atoms with E-state index in [1.165, 1.54) is 0 Å². The number of alkyl halides is 6. The van der Waals surface area contributed by atoms with E-state index in [4.69, 9.17) is 6.57 Å². The highest BCUT2D eigenvalue weighted by Gasteiger charge is 2.48. The fourth-order valence-corrected chi connectivity index (χ4v) is 2.52. The fourth-order valence-electron chi connectivity index (χ4n) is 2.52. The van der Waals surface area contributed by atoms with E-state index in [0.717, 1.165) is 13.0 Å². The molecular formula is C16H14F6N4O. The molecule has 1 aromatic rings. The van der Waals surface area contributed by atoms with Gasteiger partial charge in [0, 0.05) is 12.1 Å². The molecular weight excluding hydrogens is 378 g/mol. The highest BCUT2D eigenvalue weighted by molar-refractivity contribution is 6.05. The molecule has 2 rings (SSSR count). The van der Waals surface area contributed by atoms with Gasteiger partial charge in [-0.05, 0) is 25.0 Å². The van der Waals surface area contributed by atoms with Crippen LogP contribution in [0, 0.1) is 6.57 Å². The summed E-state index contributed by atoms with van der Waals surface area (Å²) in [6, 6.07) is 1.63. The van der Waals surface area contributed by atoms with Gasteiger partial charge in [0.1, 0.15) is 11.3 Å². The van der Waals surface area contributed by atoms with E-state index >= 15 is 0 Å². The lowest BCUT2D eigenvalue weighted by molar-refractivity contribution is -0.136. The molecule has 5 nitrogen and oxygen atoms in total. The van der Waals surface area contributed by atoms with Crippen molar-refractivity contribution in [2.45, 2.75) is 44.6 Å². The van der Waals surface area contributed by atoms with E-state index in [2.05, 4.69) is 20.7 Å². The van der Waals surface area contributed by atoms with Crippen molar-refractivity contribution in [1.29, 1.82) is 0 Å². The normalized spacial score (nSPS) is 19.9. The zero-order valence-corrected chi connectivity index (χ0v) is 14.1. The van der Waals surface area contributed by atoms with Crippen LogP contribution in [0.5, 0.6) is 0 Å². The van der Waals surface area contributed by atoms with Gasteiger partial charge in [0.05, 0.1) is 12.1 Å². The number of hydrogen-bond acceptors (Lipinski definition) is 3. The van der Waals surface area contributed by atoms with Crippen LogP contribution in [0.1, 0.15) is 31.4 Å². The number of hydrogen-bond donors (Lipinski definition) is 2. The van der Waals surface area contributed by atoms with Gasteiger partial charge in [0.2, 0.25) is 0 Å². The van der Waals surface area contributed by atoms with Crippen LogP contribution in [-0.2, 0) is 17.4 Å². The van der Waals surface area contributed by atoms with Crippen molar-refractivity contribution in [3.8, 4) is 0 Å². The molecule has 2 N–H and O–H groups in total. The molecule has 0 radical (unpaired) electrons. The molecule has 1 aliphatic rings. The van der Waals surface area contributed by atoms with Gasteiger partial charge >= 0.3 is 12.4 Å². The second-order valence-electron chi connectivity index (χ2n) is 6.12. The third-order valence-electron chi connectivity index (χ3n) is 4.06. The first-order valence-corrected chi connectivity index (χ1v) is 7.65. The number of carbonyl (C=O) groups excluding carboxylic acids is 1. The van der Waals surface area contributed by atoms with Crippen LogP contribution < -0.4 is 10.7 Å². The molecule has 146 valence electrons. The Morgan fingerprint density at radius 1 is 1.30 bits per heavy atom. The first kappa shape index (κ1) is 20.5. The van der Waals surface area contributed by atoms with Crippen molar-refractivity contribution < 1.29 is 31.1 Å². The Kier molecular flexibility index (Phi) is 5.14. The number of carbonyl (C=O) groups is 1. The van der Waals surface area contributed by atoms with E-state index in [9.17, 15) is 31.1 Å². The van der Waals surface area contributed by atoms with Gasteiger partial charge in [0.25, 0.3) is 5.91 Å². The van der Waals surface area contributed by atoms with Gasteiger partial charge < -0.3 is 5.32 Å². The topological polar surface area (TPSA) is 57.9 Å². The average Bonchev–Trinajstić information content (AvgIpc) is 2.97. The summed E-state index contributed by atoms with van der Waals surface area (Å²) >= 11 is 0. The van der Waals surface area contributed by atoms with E-state index < -0.39 is 47.2 Å². The Balaban J connectivity index is 2.35. The van der Waals surface area contributed by atoms with Crippen molar-refractivity contribution in [2.24, 2.45) is 5.10 Å². The van der Waals surface area contributed by atoms with Crippen LogP contribution in [0.15, 0.2) is 17.2 Å². The zero-order valence-electron chi connectivity index (χ0n) is 14.1. The average molecular weight is 392 g/mol. The number of aryl methyl sites for hydroxylation is 1. The standard InChI is InChI=1S/C16H14F6N4O/c1-4-8-5-11(23-3)9(15(17,18)19)6-10(8)24-13(27)14(2)7-12(25-26-14)16(20,21)22/h5-6,26H,4,7H2,1-2H3,(H,24,27). The van der Waals surface area contributed by atoms with Crippen LogP contribution in [0.3, 0.4) is 0 Å². The van der Waals surface area contributed by atoms with Gasteiger partial charge in [-0.2, -0.15) is 31.4 Å². The summed E-state index contributed by atoms with van der Waals surface area (Å²) in [4.78, 5) is 15.3. The molecule has 11 heteroatoms. The Hall–Kier alpha value is -2.77. The molecule has 0 spiro atoms. The quantitative estimate of drug-likeness (QED) is 0.591. The summed E-state index contributed by atoms with van der Waals surface area (Å²) in [5, 5.41) is 5.35. The number of nitrogens with one attached hydrogen (secondary N) is 2. The zero-order chi connectivity index (χ0) is 20.6. The van der Waals surface area contributed by atoms with Crippen molar-refractivity contribution >= 4 is 23.0 Å². The summed E-state index contributed by atoms with van der Waals surface area (Å²) in [5.74, 6) is -0.969. The van der Waals surface area contributed by atoms with E-state index in [1.807, 2.05) is 0 Å². The highest BCUT2D eigenvalue weighted by Crippen LogP contribution is 2.40. The summed E-state index contributed by atoms with van der Waals surface area (Å²) < 4.78 is 77.6. The SMILES string of the molecule is [C-]#[N+]c1cc(CC)c(NC(=O)C2(C)CC(C(F)(F)F)=NN2)cc1C(F)(F)F. The molecule has 1 aromatic carbocycles. The molecule has 0 aromatic heterocycles. The molecule has 0 saturated carbocycles. The summed E-state index contributed by atoms with van der Waals surface area (Å²) in [6.45, 7) is 9.67. The van der Waals surface area contributed by atoms with E-state index in [0.29, 0.717) is 6.07 Å². The minimum atomic E-state index is -4.83. The van der Waals surface area contributed by atoms with E-state index in [-0.39, 0.29) is 17.7 Å². The van der Waals surface area contributed by atoms with Gasteiger partial charge in [-0.1, -0.05) is 13.0 Å². The second-order valence-corrected chi connectivity index (χ2v) is 6.12. The van der Waals surface area contributed by atoms with Crippen molar-refractivity contribution in [1.82, 2.24) is 5.43 Å². The Morgan fingerprint density at radius 2 is 1.93 bits per heavy atom. The number of halogens is 6. The summed E-state index contributed by atoms with van der Waals surface area (Å²) in [5.41, 5.74) is -2.68. The number of hydrazone groups is 1. The lowest BCUT2D eigenvalue weighted by atomic mass is 9.95. The maximum Gasteiger partial charge on any atom is 0.431 e. The molecule has 0 bridgehead atoms. The first-order valence-electron chi connectivity index (χ1n) is 7.65. The minimum Gasteiger partial charge on any atom is -0.324 e. The van der Waals surface area contributed by atoms with Gasteiger partial charge in [-0.3, -0.25) is 10.2 Å². The molecule has 1 unspecified atom stereocenters. The molecule has 1 heterocycles. The molecule has 1 amide bonds. The third-order valence-corrected chi connectivity index (χ3v) is 4.06. The first-order chi connectivity index (χ1) is 12.3. The maximum absolute atomic E-state index is 13.1. The molecule has 0 fully saturated rings. The number of benzene rings is 1. The van der Waals surface area contributed by atoms with Crippen LogP contribution >= 0.6 is 0 Å². The van der Waals surface area contributed by atoms with Crippen molar-refractivity contribution in [2.75, 3.05) is 5.32 Å². The van der Waals surface area contributed by atoms with Gasteiger partial charge in [-0.25, -0.2) is 4.85 Å². The highest BCUT2D eigenvalue weighted by atomic mass is 19.4. The smallest absolute Gasteiger partial charge is 0.324 e. The number of rotatable bonds is 3. The molecule has 1 aliphatic heterocycles. The Bertz CT molecular complexity index is 837. The third kappa shape index (κ3) is 4.15. The van der Waals surface area contributed by atoms with Crippen molar-refractivity contribution in [3.63, 3.8) is 0 Å². The molecule has 27 heavy (non-hydrogen) atoms. The van der Waals surface area contributed by atoms with Crippen LogP contribution in [0.4, 0.5) is 37.7 Å². The van der Waals surface area contributed by atoms with Gasteiger partial charge in [-0.15, -0.1) is 0 Å². The molecule has 0 saturated heterocycles. The largest absolute Gasteiger partial charge is 0.431 e. The number of anilines is 1. The van der Waals surface area contributed by atoms with Crippen LogP contribution in [0.25, 0.3) is 4.85 Å². The summed E-state index contributed by atoms with van der Waals surface area (Å²) in [6.07, 6.45) is -10.1.